The Balaban J connectivity index is 1.97. The number of aliphatic carboxylic acids is 1. The van der Waals surface area contributed by atoms with E-state index in [1.54, 1.807) is 18.2 Å². The van der Waals surface area contributed by atoms with E-state index in [2.05, 4.69) is 0 Å². The molecule has 0 fully saturated rings. The Morgan fingerprint density at radius 1 is 1.33 bits per heavy atom. The summed E-state index contributed by atoms with van der Waals surface area (Å²) in [5.41, 5.74) is 0.602. The first-order valence-corrected chi connectivity index (χ1v) is 5.54. The molecule has 1 aromatic rings. The van der Waals surface area contributed by atoms with Crippen LogP contribution in [0.1, 0.15) is 11.7 Å². The quantitative estimate of drug-likeness (QED) is 0.800. The average Bonchev–Trinajstić information content (AvgIpc) is 2.37. The summed E-state index contributed by atoms with van der Waals surface area (Å²) in [6.45, 7) is 0.478. The van der Waals surface area contributed by atoms with Gasteiger partial charge in [0.25, 0.3) is 0 Å². The second kappa shape index (κ2) is 5.70. The van der Waals surface area contributed by atoms with Gasteiger partial charge in [-0.1, -0.05) is 6.07 Å². The number of fused-ring (bicyclic) bond motifs is 1. The molecular formula is C12H14O6. The fourth-order valence-electron chi connectivity index (χ4n) is 1.62. The summed E-state index contributed by atoms with van der Waals surface area (Å²) in [5.74, 6) is 0.157. The minimum absolute atomic E-state index is 0.0774. The topological polar surface area (TPSA) is 85.2 Å². The lowest BCUT2D eigenvalue weighted by Crippen LogP contribution is -2.16. The molecule has 0 aliphatic carbocycles. The van der Waals surface area contributed by atoms with E-state index in [1.807, 2.05) is 0 Å². The van der Waals surface area contributed by atoms with E-state index in [-0.39, 0.29) is 6.61 Å². The molecule has 0 spiro atoms. The minimum atomic E-state index is -1.07. The highest BCUT2D eigenvalue weighted by molar-refractivity contribution is 5.67. The Labute approximate surface area is 104 Å². The van der Waals surface area contributed by atoms with Gasteiger partial charge in [-0.2, -0.15) is 0 Å². The predicted molar refractivity (Wildman–Crippen MR) is 60.8 cm³/mol. The molecule has 1 heterocycles. The molecule has 0 radical (unpaired) electrons. The summed E-state index contributed by atoms with van der Waals surface area (Å²) < 4.78 is 15.6. The first-order valence-electron chi connectivity index (χ1n) is 5.54. The number of carboxylic acids is 1. The van der Waals surface area contributed by atoms with Crippen molar-refractivity contribution in [2.45, 2.75) is 6.10 Å². The first-order chi connectivity index (χ1) is 8.66. The molecule has 2 rings (SSSR count). The second-order valence-corrected chi connectivity index (χ2v) is 3.83. The van der Waals surface area contributed by atoms with E-state index in [0.29, 0.717) is 30.3 Å². The largest absolute Gasteiger partial charge is 0.486 e. The van der Waals surface area contributed by atoms with Gasteiger partial charge in [0.05, 0.1) is 6.61 Å². The molecule has 98 valence electrons. The van der Waals surface area contributed by atoms with Crippen molar-refractivity contribution in [2.75, 3.05) is 26.4 Å². The van der Waals surface area contributed by atoms with Crippen LogP contribution in [0.5, 0.6) is 11.5 Å². The van der Waals surface area contributed by atoms with Gasteiger partial charge in [-0.25, -0.2) is 4.79 Å². The maximum atomic E-state index is 10.3. The van der Waals surface area contributed by atoms with Gasteiger partial charge in [-0.15, -0.1) is 0 Å². The van der Waals surface area contributed by atoms with Gasteiger partial charge in [0.15, 0.2) is 11.5 Å². The normalized spacial score (nSPS) is 15.2. The molecule has 0 saturated carbocycles. The molecule has 1 atom stereocenters. The molecule has 1 aliphatic heterocycles. The van der Waals surface area contributed by atoms with Crippen LogP contribution in [-0.2, 0) is 9.53 Å². The number of benzene rings is 1. The number of aliphatic hydroxyl groups is 1. The fraction of sp³-hybridized carbons (Fsp3) is 0.417. The Kier molecular flexibility index (Phi) is 4.01. The van der Waals surface area contributed by atoms with E-state index in [1.165, 1.54) is 0 Å². The lowest BCUT2D eigenvalue weighted by molar-refractivity contribution is -0.143. The van der Waals surface area contributed by atoms with Crippen molar-refractivity contribution in [2.24, 2.45) is 0 Å². The number of carboxylic acid groups (broad SMARTS) is 1. The van der Waals surface area contributed by atoms with Gasteiger partial charge in [0.1, 0.15) is 25.9 Å². The van der Waals surface area contributed by atoms with Crippen molar-refractivity contribution in [3.8, 4) is 11.5 Å². The van der Waals surface area contributed by atoms with Crippen molar-refractivity contribution in [3.05, 3.63) is 23.8 Å². The summed E-state index contributed by atoms with van der Waals surface area (Å²) >= 11 is 0. The lowest BCUT2D eigenvalue weighted by Gasteiger charge is -2.20. The average molecular weight is 254 g/mol. The third kappa shape index (κ3) is 3.12. The van der Waals surface area contributed by atoms with Gasteiger partial charge in [-0.3, -0.25) is 0 Å². The molecule has 1 unspecified atom stereocenters. The highest BCUT2D eigenvalue weighted by atomic mass is 16.6. The summed E-state index contributed by atoms with van der Waals surface area (Å²) in [5, 5.41) is 18.2. The van der Waals surface area contributed by atoms with E-state index < -0.39 is 18.7 Å². The van der Waals surface area contributed by atoms with Gasteiger partial charge >= 0.3 is 5.97 Å². The van der Waals surface area contributed by atoms with Crippen LogP contribution in [0.4, 0.5) is 0 Å². The predicted octanol–water partition coefficient (Wildman–Crippen LogP) is 0.592. The van der Waals surface area contributed by atoms with Crippen molar-refractivity contribution >= 4 is 5.97 Å². The number of carbonyl (C=O) groups is 1. The number of hydrogen-bond donors (Lipinski definition) is 2. The minimum Gasteiger partial charge on any atom is -0.486 e. The zero-order valence-corrected chi connectivity index (χ0v) is 9.67. The van der Waals surface area contributed by atoms with Crippen molar-refractivity contribution in [1.29, 1.82) is 0 Å². The van der Waals surface area contributed by atoms with Gasteiger partial charge in [0, 0.05) is 0 Å². The molecule has 0 saturated heterocycles. The molecule has 6 nitrogen and oxygen atoms in total. The first kappa shape index (κ1) is 12.7. The van der Waals surface area contributed by atoms with Crippen molar-refractivity contribution in [3.63, 3.8) is 0 Å². The van der Waals surface area contributed by atoms with Crippen LogP contribution in [-0.4, -0.2) is 42.6 Å². The third-order valence-corrected chi connectivity index (χ3v) is 2.45. The monoisotopic (exact) mass is 254 g/mol. The summed E-state index contributed by atoms with van der Waals surface area (Å²) in [6, 6.07) is 5.08. The Morgan fingerprint density at radius 2 is 2.06 bits per heavy atom. The van der Waals surface area contributed by atoms with Crippen LogP contribution in [0.2, 0.25) is 0 Å². The van der Waals surface area contributed by atoms with Gasteiger partial charge in [-0.05, 0) is 17.7 Å². The molecule has 0 aromatic heterocycles. The smallest absolute Gasteiger partial charge is 0.329 e. The maximum absolute atomic E-state index is 10.3. The van der Waals surface area contributed by atoms with E-state index >= 15 is 0 Å². The molecule has 6 heteroatoms. The molecule has 1 aliphatic rings. The fourth-order valence-corrected chi connectivity index (χ4v) is 1.62. The van der Waals surface area contributed by atoms with Gasteiger partial charge < -0.3 is 24.4 Å². The molecule has 0 amide bonds. The molecule has 1 aromatic carbocycles. The Hall–Kier alpha value is -1.79. The van der Waals surface area contributed by atoms with E-state index in [4.69, 9.17) is 19.3 Å². The standard InChI is InChI=1S/C12H14O6/c13-9(6-16-7-12(14)15)8-1-2-10-11(5-8)18-4-3-17-10/h1-2,5,9,13H,3-4,6-7H2,(H,14,15). The SMILES string of the molecule is O=C(O)COCC(O)c1ccc2c(c1)OCCO2. The number of ether oxygens (including phenoxy) is 3. The van der Waals surface area contributed by atoms with Gasteiger partial charge in [0.2, 0.25) is 0 Å². The van der Waals surface area contributed by atoms with E-state index in [0.717, 1.165) is 0 Å². The number of rotatable bonds is 5. The van der Waals surface area contributed by atoms with Crippen LogP contribution in [0.25, 0.3) is 0 Å². The third-order valence-electron chi connectivity index (χ3n) is 2.45. The molecule has 0 bridgehead atoms. The zero-order chi connectivity index (χ0) is 13.0. The lowest BCUT2D eigenvalue weighted by atomic mass is 10.1. The molecular weight excluding hydrogens is 240 g/mol. The highest BCUT2D eigenvalue weighted by Gasteiger charge is 2.15. The second-order valence-electron chi connectivity index (χ2n) is 3.83. The Bertz CT molecular complexity index is 431. The van der Waals surface area contributed by atoms with Crippen LogP contribution >= 0.6 is 0 Å². The van der Waals surface area contributed by atoms with Crippen LogP contribution < -0.4 is 9.47 Å². The molecule has 18 heavy (non-hydrogen) atoms. The highest BCUT2D eigenvalue weighted by Crippen LogP contribution is 2.32. The van der Waals surface area contributed by atoms with Crippen molar-refractivity contribution in [1.82, 2.24) is 0 Å². The summed E-state index contributed by atoms with van der Waals surface area (Å²) in [6.07, 6.45) is -0.889. The van der Waals surface area contributed by atoms with Crippen molar-refractivity contribution < 1.29 is 29.2 Å². The Morgan fingerprint density at radius 3 is 2.78 bits per heavy atom. The number of hydrogen-bond acceptors (Lipinski definition) is 5. The van der Waals surface area contributed by atoms with Crippen LogP contribution in [0.15, 0.2) is 18.2 Å². The summed E-state index contributed by atoms with van der Waals surface area (Å²) in [4.78, 5) is 10.3. The van der Waals surface area contributed by atoms with Crippen LogP contribution in [0, 0.1) is 0 Å². The van der Waals surface area contributed by atoms with Crippen LogP contribution in [0.3, 0.4) is 0 Å². The molecule has 2 N–H and O–H groups in total. The maximum Gasteiger partial charge on any atom is 0.329 e. The number of aliphatic hydroxyl groups excluding tert-OH is 1. The zero-order valence-electron chi connectivity index (χ0n) is 9.67. The summed E-state index contributed by atoms with van der Waals surface area (Å²) in [7, 11) is 0. The van der Waals surface area contributed by atoms with E-state index in [9.17, 15) is 9.90 Å².